The molecule has 0 bridgehead atoms. The van der Waals surface area contributed by atoms with Crippen LogP contribution in [0, 0.1) is 0 Å². The molecular weight excluding hydrogens is 316 g/mol. The van der Waals surface area contributed by atoms with E-state index in [0.717, 1.165) is 12.1 Å². The van der Waals surface area contributed by atoms with E-state index in [1.54, 1.807) is 0 Å². The number of phenols is 3. The lowest BCUT2D eigenvalue weighted by Crippen LogP contribution is -2.12. The van der Waals surface area contributed by atoms with Crippen molar-refractivity contribution in [1.82, 2.24) is 0 Å². The first-order chi connectivity index (χ1) is 11.4. The van der Waals surface area contributed by atoms with Crippen LogP contribution in [0.2, 0.25) is 0 Å². The molecule has 3 rings (SSSR count). The lowest BCUT2D eigenvalue weighted by molar-refractivity contribution is -0.136. The summed E-state index contributed by atoms with van der Waals surface area (Å²) in [5, 5.41) is 37.7. The van der Waals surface area contributed by atoms with E-state index in [2.05, 4.69) is 0 Å². The third-order valence-corrected chi connectivity index (χ3v) is 3.50. The van der Waals surface area contributed by atoms with E-state index >= 15 is 0 Å². The predicted octanol–water partition coefficient (Wildman–Crippen LogP) is 2.20. The first kappa shape index (κ1) is 15.4. The van der Waals surface area contributed by atoms with E-state index < -0.39 is 23.6 Å². The number of carboxylic acids is 1. The van der Waals surface area contributed by atoms with Crippen molar-refractivity contribution >= 4 is 16.9 Å². The number of rotatable bonds is 3. The van der Waals surface area contributed by atoms with E-state index in [1.807, 2.05) is 0 Å². The van der Waals surface area contributed by atoms with Crippen LogP contribution in [0.4, 0.5) is 0 Å². The normalized spacial score (nSPS) is 10.8. The fourth-order valence-electron chi connectivity index (χ4n) is 2.51. The number of phenolic OH excluding ortho intramolecular Hbond substituents is 3. The van der Waals surface area contributed by atoms with Gasteiger partial charge in [0.25, 0.3) is 0 Å². The zero-order valence-electron chi connectivity index (χ0n) is 12.2. The van der Waals surface area contributed by atoms with Crippen LogP contribution in [0.5, 0.6) is 17.2 Å². The van der Waals surface area contributed by atoms with Crippen LogP contribution in [-0.2, 0) is 11.2 Å². The van der Waals surface area contributed by atoms with E-state index in [4.69, 9.17) is 9.52 Å². The minimum atomic E-state index is -1.21. The zero-order valence-corrected chi connectivity index (χ0v) is 12.2. The number of hydrogen-bond donors (Lipinski definition) is 4. The molecule has 0 saturated heterocycles. The first-order valence-electron chi connectivity index (χ1n) is 6.89. The average Bonchev–Trinajstić information content (AvgIpc) is 2.47. The summed E-state index contributed by atoms with van der Waals surface area (Å²) in [4.78, 5) is 23.9. The molecule has 4 N–H and O–H groups in total. The molecule has 7 nitrogen and oxygen atoms in total. The number of hydrogen-bond acceptors (Lipinski definition) is 6. The van der Waals surface area contributed by atoms with E-state index in [1.165, 1.54) is 24.3 Å². The molecule has 0 spiro atoms. The molecule has 2 aromatic carbocycles. The molecule has 0 aliphatic heterocycles. The fourth-order valence-corrected chi connectivity index (χ4v) is 2.51. The Bertz CT molecular complexity index is 1000. The second-order valence-electron chi connectivity index (χ2n) is 5.18. The Labute approximate surface area is 134 Å². The van der Waals surface area contributed by atoms with Gasteiger partial charge in [0, 0.05) is 12.1 Å². The minimum absolute atomic E-state index is 0.0171. The van der Waals surface area contributed by atoms with Crippen molar-refractivity contribution in [1.29, 1.82) is 0 Å². The summed E-state index contributed by atoms with van der Waals surface area (Å²) in [6, 6.07) is 7.70. The van der Waals surface area contributed by atoms with Crippen LogP contribution < -0.4 is 5.43 Å². The molecule has 0 aliphatic carbocycles. The lowest BCUT2D eigenvalue weighted by Gasteiger charge is -2.10. The highest BCUT2D eigenvalue weighted by Gasteiger charge is 2.21. The Balaban J connectivity index is 2.40. The van der Waals surface area contributed by atoms with Crippen molar-refractivity contribution in [2.75, 3.05) is 0 Å². The third kappa shape index (κ3) is 2.63. The highest BCUT2D eigenvalue weighted by molar-refractivity contribution is 5.89. The van der Waals surface area contributed by atoms with E-state index in [-0.39, 0.29) is 33.8 Å². The molecule has 0 saturated carbocycles. The van der Waals surface area contributed by atoms with Gasteiger partial charge in [-0.1, -0.05) is 12.1 Å². The summed E-state index contributed by atoms with van der Waals surface area (Å²) in [6.07, 6.45) is -0.558. The molecule has 1 aromatic heterocycles. The summed E-state index contributed by atoms with van der Waals surface area (Å²) in [5.41, 5.74) is -0.426. The number of aromatic hydroxyl groups is 3. The maximum absolute atomic E-state index is 12.8. The Morgan fingerprint density at radius 3 is 2.29 bits per heavy atom. The van der Waals surface area contributed by atoms with Crippen LogP contribution in [0.25, 0.3) is 22.1 Å². The standard InChI is InChI=1S/C17H12O7/c18-9-3-1-8(2-4-9)15-13(7-14(21)22)24-12-6-10(19)5-11(20)16(12)17(15)23/h1-6,18-20H,7H2,(H,21,22). The molecule has 0 unspecified atom stereocenters. The highest BCUT2D eigenvalue weighted by Crippen LogP contribution is 2.32. The largest absolute Gasteiger partial charge is 0.508 e. The van der Waals surface area contributed by atoms with Crippen molar-refractivity contribution in [3.8, 4) is 28.4 Å². The van der Waals surface area contributed by atoms with Crippen LogP contribution in [-0.4, -0.2) is 26.4 Å². The number of aliphatic carboxylic acids is 1. The molecule has 3 aromatic rings. The summed E-state index contributed by atoms with van der Waals surface area (Å²) >= 11 is 0. The number of carboxylic acid groups (broad SMARTS) is 1. The highest BCUT2D eigenvalue weighted by atomic mass is 16.4. The Morgan fingerprint density at radius 1 is 1.00 bits per heavy atom. The van der Waals surface area contributed by atoms with Crippen molar-refractivity contribution in [2.24, 2.45) is 0 Å². The summed E-state index contributed by atoms with van der Waals surface area (Å²) in [7, 11) is 0. The molecule has 24 heavy (non-hydrogen) atoms. The topological polar surface area (TPSA) is 128 Å². The van der Waals surface area contributed by atoms with Gasteiger partial charge >= 0.3 is 5.97 Å². The van der Waals surface area contributed by atoms with Gasteiger partial charge in [0.15, 0.2) is 0 Å². The first-order valence-corrected chi connectivity index (χ1v) is 6.89. The molecule has 7 heteroatoms. The summed E-state index contributed by atoms with van der Waals surface area (Å²) < 4.78 is 5.47. The maximum atomic E-state index is 12.8. The van der Waals surface area contributed by atoms with Crippen molar-refractivity contribution in [3.05, 3.63) is 52.4 Å². The molecular formula is C17H12O7. The lowest BCUT2D eigenvalue weighted by atomic mass is 10.00. The van der Waals surface area contributed by atoms with Gasteiger partial charge < -0.3 is 24.8 Å². The number of carbonyl (C=O) groups is 1. The molecule has 122 valence electrons. The molecule has 0 amide bonds. The number of benzene rings is 2. The molecule has 0 aliphatic rings. The quantitative estimate of drug-likeness (QED) is 0.580. The predicted molar refractivity (Wildman–Crippen MR) is 84.3 cm³/mol. The smallest absolute Gasteiger partial charge is 0.311 e. The third-order valence-electron chi connectivity index (χ3n) is 3.50. The Morgan fingerprint density at radius 2 is 1.67 bits per heavy atom. The summed E-state index contributed by atoms with van der Waals surface area (Å²) in [5.74, 6) is -2.13. The van der Waals surface area contributed by atoms with Crippen LogP contribution in [0.15, 0.2) is 45.6 Å². The fraction of sp³-hybridized carbons (Fsp3) is 0.0588. The van der Waals surface area contributed by atoms with Gasteiger partial charge in [-0.25, -0.2) is 0 Å². The number of fused-ring (bicyclic) bond motifs is 1. The summed E-state index contributed by atoms with van der Waals surface area (Å²) in [6.45, 7) is 0. The Kier molecular flexibility index (Phi) is 3.61. The van der Waals surface area contributed by atoms with Crippen molar-refractivity contribution < 1.29 is 29.6 Å². The van der Waals surface area contributed by atoms with Gasteiger partial charge in [0.05, 0.1) is 5.56 Å². The van der Waals surface area contributed by atoms with Gasteiger partial charge in [-0.3, -0.25) is 9.59 Å². The van der Waals surface area contributed by atoms with Crippen LogP contribution in [0.3, 0.4) is 0 Å². The molecule has 1 heterocycles. The van der Waals surface area contributed by atoms with E-state index in [0.29, 0.717) is 5.56 Å². The average molecular weight is 328 g/mol. The molecule has 0 atom stereocenters. The molecule has 0 fully saturated rings. The van der Waals surface area contributed by atoms with Crippen LogP contribution in [0.1, 0.15) is 5.76 Å². The monoisotopic (exact) mass is 328 g/mol. The SMILES string of the molecule is O=C(O)Cc1oc2cc(O)cc(O)c2c(=O)c1-c1ccc(O)cc1. The van der Waals surface area contributed by atoms with Gasteiger partial charge in [-0.05, 0) is 17.7 Å². The zero-order chi connectivity index (χ0) is 17.4. The second kappa shape index (κ2) is 5.62. The van der Waals surface area contributed by atoms with Gasteiger partial charge in [0.2, 0.25) is 5.43 Å². The minimum Gasteiger partial charge on any atom is -0.508 e. The van der Waals surface area contributed by atoms with Crippen molar-refractivity contribution in [3.63, 3.8) is 0 Å². The maximum Gasteiger partial charge on any atom is 0.311 e. The van der Waals surface area contributed by atoms with Gasteiger partial charge in [-0.15, -0.1) is 0 Å². The van der Waals surface area contributed by atoms with Crippen molar-refractivity contribution in [2.45, 2.75) is 6.42 Å². The second-order valence-corrected chi connectivity index (χ2v) is 5.18. The van der Waals surface area contributed by atoms with E-state index in [9.17, 15) is 24.9 Å². The van der Waals surface area contributed by atoms with Gasteiger partial charge in [0.1, 0.15) is 40.4 Å². The molecule has 0 radical (unpaired) electrons. The van der Waals surface area contributed by atoms with Gasteiger partial charge in [-0.2, -0.15) is 0 Å². The van der Waals surface area contributed by atoms with Crippen LogP contribution >= 0.6 is 0 Å². The Hall–Kier alpha value is -3.48.